The standard InChI is InChI=1S/C9H9ClFNO/c1-5-2-6(11)9(7(12)3-5)8(13)4-10/h2-3H,4,12H2,1H3. The molecule has 2 nitrogen and oxygen atoms in total. The van der Waals surface area contributed by atoms with Crippen molar-refractivity contribution in [2.75, 3.05) is 11.6 Å². The van der Waals surface area contributed by atoms with Crippen LogP contribution in [0.2, 0.25) is 0 Å². The molecular weight excluding hydrogens is 193 g/mol. The Morgan fingerprint density at radius 1 is 1.62 bits per heavy atom. The highest BCUT2D eigenvalue weighted by molar-refractivity contribution is 6.31. The molecule has 0 fully saturated rings. The minimum absolute atomic E-state index is 0.111. The zero-order valence-electron chi connectivity index (χ0n) is 7.10. The molecule has 0 spiro atoms. The first-order valence-corrected chi connectivity index (χ1v) is 4.24. The molecule has 1 aromatic carbocycles. The molecule has 0 aromatic heterocycles. The Bertz CT molecular complexity index is 328. The summed E-state index contributed by atoms with van der Waals surface area (Å²) in [5.41, 5.74) is 6.19. The zero-order chi connectivity index (χ0) is 10.0. The molecule has 0 heterocycles. The number of alkyl halides is 1. The van der Waals surface area contributed by atoms with Gasteiger partial charge in [-0.3, -0.25) is 4.79 Å². The molecule has 0 aliphatic rings. The average Bonchev–Trinajstić information content (AvgIpc) is 2.02. The van der Waals surface area contributed by atoms with E-state index in [1.807, 2.05) is 0 Å². The third-order valence-electron chi connectivity index (χ3n) is 1.67. The first kappa shape index (κ1) is 9.99. The summed E-state index contributed by atoms with van der Waals surface area (Å²) in [5.74, 6) is -1.36. The summed E-state index contributed by atoms with van der Waals surface area (Å²) >= 11 is 5.30. The number of aryl methyl sites for hydroxylation is 1. The minimum atomic E-state index is -0.608. The number of anilines is 1. The second kappa shape index (κ2) is 3.75. The van der Waals surface area contributed by atoms with Crippen LogP contribution < -0.4 is 5.73 Å². The van der Waals surface area contributed by atoms with Crippen LogP contribution in [0.25, 0.3) is 0 Å². The second-order valence-electron chi connectivity index (χ2n) is 2.77. The van der Waals surface area contributed by atoms with E-state index in [1.165, 1.54) is 6.07 Å². The number of rotatable bonds is 2. The molecule has 13 heavy (non-hydrogen) atoms. The van der Waals surface area contributed by atoms with E-state index in [9.17, 15) is 9.18 Å². The van der Waals surface area contributed by atoms with Crippen molar-refractivity contribution >= 4 is 23.1 Å². The van der Waals surface area contributed by atoms with E-state index in [1.54, 1.807) is 13.0 Å². The molecule has 0 aliphatic heterocycles. The summed E-state index contributed by atoms with van der Waals surface area (Å²) in [4.78, 5) is 11.1. The topological polar surface area (TPSA) is 43.1 Å². The van der Waals surface area contributed by atoms with Crippen LogP contribution >= 0.6 is 11.6 Å². The molecule has 0 unspecified atom stereocenters. The highest BCUT2D eigenvalue weighted by Gasteiger charge is 2.14. The van der Waals surface area contributed by atoms with Gasteiger partial charge in [0.25, 0.3) is 0 Å². The lowest BCUT2D eigenvalue weighted by Gasteiger charge is -2.05. The summed E-state index contributed by atoms with van der Waals surface area (Å²) in [6.45, 7) is 1.70. The maximum Gasteiger partial charge on any atom is 0.182 e. The average molecular weight is 202 g/mol. The van der Waals surface area contributed by atoms with E-state index >= 15 is 0 Å². The number of hydrogen-bond acceptors (Lipinski definition) is 2. The van der Waals surface area contributed by atoms with Gasteiger partial charge in [0.15, 0.2) is 5.78 Å². The molecule has 1 rings (SSSR count). The minimum Gasteiger partial charge on any atom is -0.398 e. The first-order chi connectivity index (χ1) is 6.06. The number of halogens is 2. The lowest BCUT2D eigenvalue weighted by Crippen LogP contribution is -2.08. The molecule has 0 aliphatic carbocycles. The van der Waals surface area contributed by atoms with E-state index in [4.69, 9.17) is 17.3 Å². The number of carbonyl (C=O) groups is 1. The third-order valence-corrected chi connectivity index (χ3v) is 1.91. The van der Waals surface area contributed by atoms with Gasteiger partial charge in [0.05, 0.1) is 11.4 Å². The largest absolute Gasteiger partial charge is 0.398 e. The second-order valence-corrected chi connectivity index (χ2v) is 3.04. The number of hydrogen-bond donors (Lipinski definition) is 1. The summed E-state index contributed by atoms with van der Waals surface area (Å²) in [6, 6.07) is 2.80. The van der Waals surface area contributed by atoms with Crippen molar-refractivity contribution in [3.63, 3.8) is 0 Å². The summed E-state index contributed by atoms with van der Waals surface area (Å²) in [6.07, 6.45) is 0. The number of Topliss-reactive ketones (excluding diaryl/α,β-unsaturated/α-hetero) is 1. The van der Waals surface area contributed by atoms with Gasteiger partial charge >= 0.3 is 0 Å². The number of nitrogens with two attached hydrogens (primary N) is 1. The fourth-order valence-corrected chi connectivity index (χ4v) is 1.26. The van der Waals surface area contributed by atoms with Gasteiger partial charge in [-0.15, -0.1) is 11.6 Å². The van der Waals surface area contributed by atoms with E-state index in [-0.39, 0.29) is 17.1 Å². The monoisotopic (exact) mass is 201 g/mol. The predicted octanol–water partition coefficient (Wildman–Crippen LogP) is 2.14. The van der Waals surface area contributed by atoms with Gasteiger partial charge in [-0.1, -0.05) is 0 Å². The van der Waals surface area contributed by atoms with Crippen molar-refractivity contribution < 1.29 is 9.18 Å². The SMILES string of the molecule is Cc1cc(N)c(C(=O)CCl)c(F)c1. The molecule has 0 saturated carbocycles. The fraction of sp³-hybridized carbons (Fsp3) is 0.222. The Hall–Kier alpha value is -1.09. The molecule has 0 atom stereocenters. The van der Waals surface area contributed by atoms with Crippen molar-refractivity contribution in [2.45, 2.75) is 6.92 Å². The molecule has 0 radical (unpaired) electrons. The van der Waals surface area contributed by atoms with Gasteiger partial charge in [-0.2, -0.15) is 0 Å². The maximum absolute atomic E-state index is 13.2. The van der Waals surface area contributed by atoms with E-state index in [0.29, 0.717) is 5.56 Å². The van der Waals surface area contributed by atoms with Gasteiger partial charge in [0, 0.05) is 5.69 Å². The van der Waals surface area contributed by atoms with Crippen molar-refractivity contribution in [2.24, 2.45) is 0 Å². The van der Waals surface area contributed by atoms with Gasteiger partial charge in [-0.05, 0) is 24.6 Å². The Labute approximate surface area is 80.5 Å². The highest BCUT2D eigenvalue weighted by Crippen LogP contribution is 2.19. The van der Waals surface area contributed by atoms with Crippen LogP contribution in [0.1, 0.15) is 15.9 Å². The Balaban J connectivity index is 3.28. The van der Waals surface area contributed by atoms with Crippen molar-refractivity contribution in [3.8, 4) is 0 Å². The summed E-state index contributed by atoms with van der Waals surface area (Å²) < 4.78 is 13.2. The van der Waals surface area contributed by atoms with E-state index in [0.717, 1.165) is 0 Å². The molecule has 2 N–H and O–H groups in total. The number of nitrogen functional groups attached to an aromatic ring is 1. The van der Waals surface area contributed by atoms with Crippen LogP contribution in [0.15, 0.2) is 12.1 Å². The van der Waals surface area contributed by atoms with Crippen molar-refractivity contribution in [3.05, 3.63) is 29.1 Å². The maximum atomic E-state index is 13.2. The highest BCUT2D eigenvalue weighted by atomic mass is 35.5. The van der Waals surface area contributed by atoms with Crippen molar-refractivity contribution in [1.82, 2.24) is 0 Å². The Morgan fingerprint density at radius 2 is 2.23 bits per heavy atom. The smallest absolute Gasteiger partial charge is 0.182 e. The van der Waals surface area contributed by atoms with Crippen LogP contribution in [-0.4, -0.2) is 11.7 Å². The van der Waals surface area contributed by atoms with Crippen LogP contribution in [0.3, 0.4) is 0 Å². The number of ketones is 1. The van der Waals surface area contributed by atoms with Gasteiger partial charge in [0.1, 0.15) is 5.82 Å². The molecule has 4 heteroatoms. The number of carbonyl (C=O) groups excluding carboxylic acids is 1. The third kappa shape index (κ3) is 1.98. The first-order valence-electron chi connectivity index (χ1n) is 3.71. The van der Waals surface area contributed by atoms with Crippen LogP contribution in [0.5, 0.6) is 0 Å². The number of benzene rings is 1. The molecule has 0 amide bonds. The van der Waals surface area contributed by atoms with Crippen LogP contribution in [0.4, 0.5) is 10.1 Å². The molecule has 70 valence electrons. The summed E-state index contributed by atoms with van der Waals surface area (Å²) in [5, 5.41) is 0. The van der Waals surface area contributed by atoms with E-state index < -0.39 is 11.6 Å². The normalized spacial score (nSPS) is 10.1. The fourth-order valence-electron chi connectivity index (χ4n) is 1.13. The molecule has 0 saturated heterocycles. The van der Waals surface area contributed by atoms with Gasteiger partial charge in [0.2, 0.25) is 0 Å². The molecular formula is C9H9ClFNO. The Kier molecular flexibility index (Phi) is 2.88. The van der Waals surface area contributed by atoms with Gasteiger partial charge < -0.3 is 5.73 Å². The van der Waals surface area contributed by atoms with E-state index in [2.05, 4.69) is 0 Å². The van der Waals surface area contributed by atoms with Crippen LogP contribution in [-0.2, 0) is 0 Å². The predicted molar refractivity (Wildman–Crippen MR) is 50.6 cm³/mol. The quantitative estimate of drug-likeness (QED) is 0.453. The molecule has 0 bridgehead atoms. The lowest BCUT2D eigenvalue weighted by atomic mass is 10.1. The lowest BCUT2D eigenvalue weighted by molar-refractivity contribution is 0.101. The zero-order valence-corrected chi connectivity index (χ0v) is 7.86. The molecule has 1 aromatic rings. The Morgan fingerprint density at radius 3 is 2.69 bits per heavy atom. The van der Waals surface area contributed by atoms with Gasteiger partial charge in [-0.25, -0.2) is 4.39 Å². The summed E-state index contributed by atoms with van der Waals surface area (Å²) in [7, 11) is 0. The van der Waals surface area contributed by atoms with Crippen LogP contribution in [0, 0.1) is 12.7 Å². The van der Waals surface area contributed by atoms with Crippen molar-refractivity contribution in [1.29, 1.82) is 0 Å².